The molecule has 2 aliphatic heterocycles. The van der Waals surface area contributed by atoms with Crippen molar-refractivity contribution in [3.8, 4) is 0 Å². The number of thioether (sulfide) groups is 8. The molecule has 28 nitrogen and oxygen atoms in total. The highest BCUT2D eigenvalue weighted by Crippen LogP contribution is 2.53. The lowest BCUT2D eigenvalue weighted by atomic mass is 10.3. The first-order chi connectivity index (χ1) is 36.6. The van der Waals surface area contributed by atoms with Crippen LogP contribution in [0, 0.1) is 0 Å². The lowest BCUT2D eigenvalue weighted by molar-refractivity contribution is 0.373. The predicted octanol–water partition coefficient (Wildman–Crippen LogP) is 6.69. The molecule has 5 heterocycles. The lowest BCUT2D eigenvalue weighted by Gasteiger charge is -2.11. The van der Waals surface area contributed by atoms with E-state index in [-0.39, 0.29) is 130 Å². The fourth-order valence-corrected chi connectivity index (χ4v) is 24.1. The fraction of sp³-hybridized carbons (Fsp3) is 0.444. The number of rotatable bonds is 32. The summed E-state index contributed by atoms with van der Waals surface area (Å²) in [5.74, 6) is -2.15. The van der Waals surface area contributed by atoms with Crippen LogP contribution in [0.3, 0.4) is 0 Å². The van der Waals surface area contributed by atoms with E-state index in [9.17, 15) is 115 Å². The van der Waals surface area contributed by atoms with E-state index >= 15 is 0 Å². The van der Waals surface area contributed by atoms with Crippen molar-refractivity contribution in [1.82, 2.24) is 19.9 Å². The summed E-state index contributed by atoms with van der Waals surface area (Å²) in [5.41, 5.74) is 0.614. The Morgan fingerprint density at radius 2 is 0.450 bits per heavy atom. The Hall–Kier alpha value is 0.600. The maximum atomic E-state index is 12.2. The topological polar surface area (TPSA) is 518 Å². The third kappa shape index (κ3) is 25.4. The van der Waals surface area contributed by atoms with Crippen molar-refractivity contribution in [3.63, 3.8) is 0 Å². The zero-order valence-corrected chi connectivity index (χ0v) is 54.5. The van der Waals surface area contributed by atoms with Gasteiger partial charge in [-0.2, -0.15) is 0 Å². The van der Waals surface area contributed by atoms with E-state index in [1.54, 1.807) is 0 Å². The summed E-state index contributed by atoms with van der Waals surface area (Å²) in [6.45, 7) is 0. The van der Waals surface area contributed by atoms with Gasteiger partial charge in [-0.3, -0.25) is 36.5 Å². The Kier molecular flexibility index (Phi) is 26.5. The molecule has 0 aliphatic carbocycles. The van der Waals surface area contributed by atoms with E-state index < -0.39 is 110 Å². The third-order valence-corrected chi connectivity index (χ3v) is 28.2. The van der Waals surface area contributed by atoms with Crippen LogP contribution in [-0.4, -0.2) is 194 Å². The van der Waals surface area contributed by atoms with Crippen LogP contribution in [0.15, 0.2) is 43.8 Å². The van der Waals surface area contributed by atoms with Gasteiger partial charge >= 0.3 is 60.8 Å². The maximum absolute atomic E-state index is 12.2. The first-order valence-electron chi connectivity index (χ1n) is 22.3. The molecule has 44 heteroatoms. The first kappa shape index (κ1) is 71.4. The second kappa shape index (κ2) is 29.7. The van der Waals surface area contributed by atoms with Crippen molar-refractivity contribution in [2.45, 2.75) is 19.6 Å². The van der Waals surface area contributed by atoms with Gasteiger partial charge in [0.1, 0.15) is 0 Å². The molecule has 3 aromatic heterocycles. The van der Waals surface area contributed by atoms with Crippen molar-refractivity contribution in [2.75, 3.05) is 95.3 Å². The number of nitrogens with one attached hydrogen (secondary N) is 2. The number of aromatic nitrogens is 4. The lowest BCUT2D eigenvalue weighted by Crippen LogP contribution is -1.94. The van der Waals surface area contributed by atoms with Gasteiger partial charge in [0.2, 0.25) is 0 Å². The molecule has 0 aromatic carbocycles. The van der Waals surface area contributed by atoms with Crippen LogP contribution in [-0.2, 0) is 36.5 Å². The molecular formula is C36H54N4O24P8S8. The minimum Gasteiger partial charge on any atom is -0.354 e. The zero-order valence-electron chi connectivity index (χ0n) is 40.8. The molecule has 0 unspecified atom stereocenters. The monoisotopic (exact) mass is 1430 g/mol. The number of fused-ring (bicyclic) bond motifs is 8. The van der Waals surface area contributed by atoms with Crippen LogP contribution in [0.1, 0.15) is 22.8 Å². The molecule has 80 heavy (non-hydrogen) atoms. The Morgan fingerprint density at radius 1 is 0.275 bits per heavy atom. The van der Waals surface area contributed by atoms with Crippen molar-refractivity contribution in [1.29, 1.82) is 0 Å². The standard InChI is InChI=1S/C36H54N4O24P8S8/c41-65(42,43)1-9-73-29-21-17-23-31(75-11-3-67(47,48)49)33(77-13-5-69(53,54)55)25(38-23)19-27-35(79-15-7-71(59,60)61)36(80-16-8-72(62,63)64)28(40-27)20-26-34(78-14-6-70(56,57)58)32(76-12-4-68(50,51)52)24(39-26)18-22(37-21)30(29)74-10-2-66(44,45)46/h17-20,37-38H,1-16H2,(H2,41,42,43)(H2,44,45,46)(H2,47,48,49)(H2,50,51,52)(H2,53,54,55)(H2,56,57,58)(H2,59,60,61)(H2,62,63,64). The number of hydrogen-bond acceptors (Lipinski definition) is 18. The second-order valence-corrected chi connectivity index (χ2v) is 39.8. The Morgan fingerprint density at radius 3 is 0.650 bits per heavy atom. The minimum atomic E-state index is -4.67. The third-order valence-electron chi connectivity index (χ3n) is 9.91. The van der Waals surface area contributed by atoms with Crippen LogP contribution < -0.4 is 0 Å². The Balaban J connectivity index is 2.08. The van der Waals surface area contributed by atoms with Crippen molar-refractivity contribution in [2.24, 2.45) is 0 Å². The van der Waals surface area contributed by atoms with E-state index in [2.05, 4.69) is 9.97 Å². The molecule has 2 aliphatic rings. The molecule has 0 fully saturated rings. The first-order valence-corrected chi connectivity index (χ1v) is 44.6. The van der Waals surface area contributed by atoms with Gasteiger partial charge in [0.25, 0.3) is 0 Å². The second-order valence-electron chi connectivity index (χ2n) is 16.8. The maximum Gasteiger partial charge on any atom is 0.326 e. The normalized spacial score (nSPS) is 14.5. The highest BCUT2D eigenvalue weighted by atomic mass is 32.2. The van der Waals surface area contributed by atoms with E-state index in [4.69, 9.17) is 9.97 Å². The summed E-state index contributed by atoms with van der Waals surface area (Å²) < 4.78 is 97.7. The Bertz CT molecular complexity index is 3200. The average Bonchev–Trinajstić information content (AvgIpc) is 3.95. The molecular weight excluding hydrogens is 1380 g/mol. The van der Waals surface area contributed by atoms with Crippen LogP contribution in [0.25, 0.3) is 41.7 Å². The van der Waals surface area contributed by atoms with Gasteiger partial charge in [0, 0.05) is 85.2 Å². The predicted molar refractivity (Wildman–Crippen MR) is 323 cm³/mol. The average molecular weight is 1430 g/mol. The molecule has 3 aromatic rings. The highest BCUT2D eigenvalue weighted by Gasteiger charge is 2.30. The van der Waals surface area contributed by atoms with Gasteiger partial charge in [0.05, 0.1) is 94.1 Å². The quantitative estimate of drug-likeness (QED) is 0.0229. The smallest absolute Gasteiger partial charge is 0.326 e. The van der Waals surface area contributed by atoms with Crippen molar-refractivity contribution in [3.05, 3.63) is 47.0 Å². The molecule has 0 saturated heterocycles. The van der Waals surface area contributed by atoms with Gasteiger partial charge in [-0.05, 0) is 24.3 Å². The largest absolute Gasteiger partial charge is 0.354 e. The van der Waals surface area contributed by atoms with Gasteiger partial charge in [0.15, 0.2) is 0 Å². The summed E-state index contributed by atoms with van der Waals surface area (Å²) in [6.07, 6.45) is -5.37. The molecule has 8 bridgehead atoms. The van der Waals surface area contributed by atoms with Crippen LogP contribution in [0.4, 0.5) is 0 Å². The van der Waals surface area contributed by atoms with E-state index in [1.165, 1.54) is 24.3 Å². The summed E-state index contributed by atoms with van der Waals surface area (Å²) in [5, 5.41) is 0. The zero-order chi connectivity index (χ0) is 59.9. The van der Waals surface area contributed by atoms with Gasteiger partial charge in [-0.25, -0.2) is 9.97 Å². The molecule has 450 valence electrons. The molecule has 0 radical (unpaired) electrons. The molecule has 18 N–H and O–H groups in total. The van der Waals surface area contributed by atoms with Gasteiger partial charge < -0.3 is 88.3 Å². The fourth-order valence-electron chi connectivity index (χ4n) is 6.54. The van der Waals surface area contributed by atoms with E-state index in [0.717, 1.165) is 94.1 Å². The SMILES string of the molecule is O=P(O)(O)CCSC1=C(SCCP(=O)(O)O)c2cc3[nH]c(cc4[nH]c(cc5nc(cc1n2)C(SCCP(=O)(O)O)=C5SCCP(=O)(O)O)c(SCCP(=O)(O)O)c4SCCP(=O)(O)O)c(SCCP(=O)(O)O)c3SCCP(=O)(O)O. The van der Waals surface area contributed by atoms with Crippen LogP contribution >= 0.6 is 155 Å². The minimum absolute atomic E-state index is 0.00950. The summed E-state index contributed by atoms with van der Waals surface area (Å²) in [7, 11) is -37.4. The number of H-pyrrole nitrogens is 2. The molecule has 0 spiro atoms. The van der Waals surface area contributed by atoms with E-state index in [1.807, 2.05) is 0 Å². The summed E-state index contributed by atoms with van der Waals surface area (Å²) in [4.78, 5) is 176. The van der Waals surface area contributed by atoms with Gasteiger partial charge in [-0.1, -0.05) is 0 Å². The van der Waals surface area contributed by atoms with E-state index in [0.29, 0.717) is 0 Å². The summed E-state index contributed by atoms with van der Waals surface area (Å²) in [6, 6.07) is 5.76. The van der Waals surface area contributed by atoms with Crippen LogP contribution in [0.2, 0.25) is 0 Å². The number of aromatic amines is 2. The van der Waals surface area contributed by atoms with Crippen molar-refractivity contribution < 1.29 is 115 Å². The molecule has 0 amide bonds. The van der Waals surface area contributed by atoms with Crippen LogP contribution in [0.5, 0.6) is 0 Å². The number of nitrogens with zero attached hydrogens (tertiary/aromatic N) is 2. The number of hydrogen-bond donors (Lipinski definition) is 18. The Labute approximate surface area is 489 Å². The molecule has 0 atom stereocenters. The molecule has 5 rings (SSSR count). The highest BCUT2D eigenvalue weighted by molar-refractivity contribution is 8.14. The summed E-state index contributed by atoms with van der Waals surface area (Å²) >= 11 is 7.17. The molecule has 0 saturated carbocycles. The van der Waals surface area contributed by atoms with Gasteiger partial charge in [-0.15, -0.1) is 94.1 Å². The van der Waals surface area contributed by atoms with Crippen molar-refractivity contribution >= 4 is 197 Å².